The summed E-state index contributed by atoms with van der Waals surface area (Å²) >= 11 is 17.1. The van der Waals surface area contributed by atoms with Gasteiger partial charge < -0.3 is 0 Å². The molecule has 1 saturated heterocycles. The third-order valence-electron chi connectivity index (χ3n) is 1.70. The molecule has 1 aliphatic rings. The van der Waals surface area contributed by atoms with E-state index in [2.05, 4.69) is 5.32 Å². The van der Waals surface area contributed by atoms with E-state index < -0.39 is 9.33 Å². The van der Waals surface area contributed by atoms with Gasteiger partial charge in [0.05, 0.1) is 0 Å². The molecule has 0 saturated carbocycles. The maximum atomic E-state index is 11.3. The van der Waals surface area contributed by atoms with Gasteiger partial charge in [-0.25, -0.2) is 0 Å². The van der Waals surface area contributed by atoms with Gasteiger partial charge >= 0.3 is 0 Å². The Kier molecular flexibility index (Phi) is 2.41. The highest BCUT2D eigenvalue weighted by Gasteiger charge is 2.48. The normalized spacial score (nSPS) is 37.3. The quantitative estimate of drug-likeness (QED) is 0.493. The number of hydrogen-bond donors (Lipinski definition) is 1. The number of nitrogens with one attached hydrogen (secondary N) is 1. The van der Waals surface area contributed by atoms with Crippen molar-refractivity contribution in [3.05, 3.63) is 0 Å². The maximum absolute atomic E-state index is 11.3. The molecule has 1 aliphatic heterocycles. The molecule has 0 aromatic rings. The van der Waals surface area contributed by atoms with Gasteiger partial charge in [0.2, 0.25) is 10.2 Å². The summed E-state index contributed by atoms with van der Waals surface area (Å²) in [7, 11) is 0. The highest BCUT2D eigenvalue weighted by Crippen LogP contribution is 2.34. The smallest absolute Gasteiger partial charge is 0.229 e. The van der Waals surface area contributed by atoms with Gasteiger partial charge in [-0.2, -0.15) is 0 Å². The molecule has 64 valence electrons. The molecule has 1 fully saturated rings. The Hall–Kier alpha value is 0.500. The first-order chi connectivity index (χ1) is 4.86. The summed E-state index contributed by atoms with van der Waals surface area (Å²) in [5.74, 6) is -0.374. The molecule has 11 heavy (non-hydrogen) atoms. The van der Waals surface area contributed by atoms with Gasteiger partial charge in [0.25, 0.3) is 0 Å². The number of rotatable bonds is 0. The Bertz CT molecular complexity index is 172. The highest BCUT2D eigenvalue weighted by atomic mass is 35.5. The van der Waals surface area contributed by atoms with Gasteiger partial charge in [0.1, 0.15) is 4.87 Å². The second kappa shape index (κ2) is 2.77. The molecule has 5 heteroatoms. The molecule has 0 aliphatic carbocycles. The van der Waals surface area contributed by atoms with E-state index in [1.165, 1.54) is 0 Å². The Morgan fingerprint density at radius 1 is 1.45 bits per heavy atom. The minimum Gasteiger partial charge on any atom is -0.293 e. The van der Waals surface area contributed by atoms with E-state index in [1.807, 2.05) is 0 Å². The van der Waals surface area contributed by atoms with Crippen LogP contribution in [-0.2, 0) is 4.79 Å². The lowest BCUT2D eigenvalue weighted by Crippen LogP contribution is -2.56. The Morgan fingerprint density at radius 3 is 2.36 bits per heavy atom. The Balaban J connectivity index is 2.85. The van der Waals surface area contributed by atoms with Crippen LogP contribution in [0, 0.1) is 0 Å². The summed E-state index contributed by atoms with van der Waals surface area (Å²) in [6.07, 6.45) is 0.550. The largest absolute Gasteiger partial charge is 0.293 e. The molecular formula is C6H8Cl3NO. The lowest BCUT2D eigenvalue weighted by Gasteiger charge is -2.34. The standard InChI is InChI=1S/C6H8Cl3NO/c1-5(7)2-3-10-6(8,9)4(5)11/h10H,2-3H2,1H3. The fraction of sp³-hybridized carbons (Fsp3) is 0.833. The first-order valence-electron chi connectivity index (χ1n) is 3.23. The number of ketones is 1. The van der Waals surface area contributed by atoms with E-state index in [0.717, 1.165) is 0 Å². The van der Waals surface area contributed by atoms with Crippen molar-refractivity contribution in [3.8, 4) is 0 Å². The lowest BCUT2D eigenvalue weighted by atomic mass is 9.98. The van der Waals surface area contributed by atoms with Crippen LogP contribution in [0.1, 0.15) is 13.3 Å². The van der Waals surface area contributed by atoms with Crippen molar-refractivity contribution in [2.45, 2.75) is 22.7 Å². The molecule has 0 aromatic carbocycles. The number of carbonyl (C=O) groups is 1. The minimum atomic E-state index is -1.51. The zero-order chi connectivity index (χ0) is 8.70. The average molecular weight is 216 g/mol. The van der Waals surface area contributed by atoms with E-state index >= 15 is 0 Å². The van der Waals surface area contributed by atoms with Gasteiger partial charge in [-0.3, -0.25) is 10.1 Å². The van der Waals surface area contributed by atoms with Crippen LogP contribution in [0.5, 0.6) is 0 Å². The third kappa shape index (κ3) is 1.81. The Labute approximate surface area is 80.2 Å². The minimum absolute atomic E-state index is 0.374. The van der Waals surface area contributed by atoms with Crippen molar-refractivity contribution in [2.75, 3.05) is 6.54 Å². The summed E-state index contributed by atoms with van der Waals surface area (Å²) in [5, 5.41) is 2.66. The van der Waals surface area contributed by atoms with E-state index in [9.17, 15) is 4.79 Å². The molecule has 1 heterocycles. The van der Waals surface area contributed by atoms with E-state index in [4.69, 9.17) is 34.8 Å². The zero-order valence-electron chi connectivity index (χ0n) is 5.96. The van der Waals surface area contributed by atoms with Crippen LogP contribution >= 0.6 is 34.8 Å². The van der Waals surface area contributed by atoms with Crippen molar-refractivity contribution in [1.29, 1.82) is 0 Å². The molecule has 0 bridgehead atoms. The van der Waals surface area contributed by atoms with Crippen LogP contribution in [0.3, 0.4) is 0 Å². The summed E-state index contributed by atoms with van der Waals surface area (Å²) in [6, 6.07) is 0. The van der Waals surface area contributed by atoms with Crippen LogP contribution in [0.2, 0.25) is 0 Å². The van der Waals surface area contributed by atoms with Crippen LogP contribution in [0.25, 0.3) is 0 Å². The summed E-state index contributed by atoms with van der Waals surface area (Å²) in [6.45, 7) is 2.18. The molecule has 1 unspecified atom stereocenters. The van der Waals surface area contributed by atoms with Crippen molar-refractivity contribution in [3.63, 3.8) is 0 Å². The molecule has 2 nitrogen and oxygen atoms in total. The fourth-order valence-corrected chi connectivity index (χ4v) is 1.91. The fourth-order valence-electron chi connectivity index (χ4n) is 0.975. The first kappa shape index (κ1) is 9.59. The van der Waals surface area contributed by atoms with E-state index in [0.29, 0.717) is 13.0 Å². The zero-order valence-corrected chi connectivity index (χ0v) is 8.22. The second-order valence-corrected chi connectivity index (χ2v) is 4.94. The number of Topliss-reactive ketones (excluding diaryl/α,β-unsaturated/α-hetero) is 1. The number of carbonyl (C=O) groups excluding carboxylic acids is 1. The van der Waals surface area contributed by atoms with Gasteiger partial charge in [-0.1, -0.05) is 23.2 Å². The van der Waals surface area contributed by atoms with Gasteiger partial charge in [-0.15, -0.1) is 11.6 Å². The van der Waals surface area contributed by atoms with E-state index in [1.54, 1.807) is 6.92 Å². The van der Waals surface area contributed by atoms with Crippen molar-refractivity contribution < 1.29 is 4.79 Å². The number of halogens is 3. The topological polar surface area (TPSA) is 29.1 Å². The van der Waals surface area contributed by atoms with Crippen molar-refractivity contribution in [1.82, 2.24) is 5.32 Å². The summed E-state index contributed by atoms with van der Waals surface area (Å²) in [4.78, 5) is 10.4. The average Bonchev–Trinajstić information content (AvgIpc) is 1.82. The van der Waals surface area contributed by atoms with Crippen LogP contribution in [0.15, 0.2) is 0 Å². The second-order valence-electron chi connectivity index (χ2n) is 2.78. The predicted octanol–water partition coefficient (Wildman–Crippen LogP) is 1.68. The molecule has 0 radical (unpaired) electrons. The van der Waals surface area contributed by atoms with Crippen LogP contribution in [0.4, 0.5) is 0 Å². The number of hydrogen-bond acceptors (Lipinski definition) is 2. The molecular weight excluding hydrogens is 208 g/mol. The molecule has 0 aromatic heterocycles. The molecule has 0 amide bonds. The SMILES string of the molecule is CC1(Cl)CCNC(Cl)(Cl)C1=O. The van der Waals surface area contributed by atoms with Crippen LogP contribution < -0.4 is 5.32 Å². The number of piperidine rings is 1. The summed E-state index contributed by atoms with van der Waals surface area (Å²) in [5.41, 5.74) is 0. The lowest BCUT2D eigenvalue weighted by molar-refractivity contribution is -0.123. The number of alkyl halides is 3. The molecule has 0 spiro atoms. The monoisotopic (exact) mass is 215 g/mol. The maximum Gasteiger partial charge on any atom is 0.229 e. The van der Waals surface area contributed by atoms with Gasteiger partial charge in [0.15, 0.2) is 0 Å². The van der Waals surface area contributed by atoms with E-state index in [-0.39, 0.29) is 5.78 Å². The van der Waals surface area contributed by atoms with Crippen molar-refractivity contribution >= 4 is 40.6 Å². The highest BCUT2D eigenvalue weighted by molar-refractivity contribution is 6.61. The third-order valence-corrected chi connectivity index (χ3v) is 2.67. The van der Waals surface area contributed by atoms with Crippen LogP contribution in [-0.4, -0.2) is 21.7 Å². The van der Waals surface area contributed by atoms with Gasteiger partial charge in [-0.05, 0) is 13.3 Å². The summed E-state index contributed by atoms with van der Waals surface area (Å²) < 4.78 is -1.51. The van der Waals surface area contributed by atoms with Crippen molar-refractivity contribution in [2.24, 2.45) is 0 Å². The first-order valence-corrected chi connectivity index (χ1v) is 4.36. The van der Waals surface area contributed by atoms with Gasteiger partial charge in [0, 0.05) is 6.54 Å². The Morgan fingerprint density at radius 2 is 2.00 bits per heavy atom. The molecule has 1 atom stereocenters. The molecule has 1 rings (SSSR count). The predicted molar refractivity (Wildman–Crippen MR) is 46.3 cm³/mol. The molecule has 1 N–H and O–H groups in total.